The summed E-state index contributed by atoms with van der Waals surface area (Å²) in [5, 5.41) is 4.64. The van der Waals surface area contributed by atoms with Crippen LogP contribution in [0.4, 0.5) is 0 Å². The molecule has 18 heavy (non-hydrogen) atoms. The summed E-state index contributed by atoms with van der Waals surface area (Å²) in [4.78, 5) is 12.5. The Hall–Kier alpha value is -1.09. The second kappa shape index (κ2) is 5.70. The number of halogens is 1. The van der Waals surface area contributed by atoms with Gasteiger partial charge in [0.25, 0.3) is 0 Å². The maximum absolute atomic E-state index is 12.5. The van der Waals surface area contributed by atoms with Crippen LogP contribution in [0.25, 0.3) is 0 Å². The summed E-state index contributed by atoms with van der Waals surface area (Å²) in [5.41, 5.74) is 1.45. The quantitative estimate of drug-likeness (QED) is 0.776. The lowest BCUT2D eigenvalue weighted by atomic mass is 9.88. The van der Waals surface area contributed by atoms with Gasteiger partial charge in [-0.1, -0.05) is 31.5 Å². The van der Waals surface area contributed by atoms with E-state index < -0.39 is 0 Å². The molecule has 1 aromatic rings. The first-order valence-corrected chi connectivity index (χ1v) is 6.96. The molecule has 0 N–H and O–H groups in total. The fourth-order valence-corrected chi connectivity index (χ4v) is 2.52. The van der Waals surface area contributed by atoms with E-state index in [0.717, 1.165) is 37.8 Å². The minimum Gasteiger partial charge on any atom is -0.287 e. The molecule has 0 aliphatic heterocycles. The minimum atomic E-state index is 0.0536. The van der Waals surface area contributed by atoms with Crippen LogP contribution in [0.1, 0.15) is 50.0 Å². The number of carbonyl (C=O) groups excluding carboxylic acids is 1. The van der Waals surface area contributed by atoms with Crippen LogP contribution in [0.3, 0.4) is 0 Å². The van der Waals surface area contributed by atoms with Crippen LogP contribution in [-0.2, 0) is 6.54 Å². The lowest BCUT2D eigenvalue weighted by molar-refractivity contribution is 0.101. The first-order valence-electron chi connectivity index (χ1n) is 6.58. The third kappa shape index (κ3) is 2.66. The van der Waals surface area contributed by atoms with Crippen LogP contribution >= 0.6 is 11.6 Å². The number of allylic oxidation sites excluding steroid dienone is 2. The molecule has 0 spiro atoms. The predicted octanol–water partition coefficient (Wildman–Crippen LogP) is 3.88. The number of carbonyl (C=O) groups is 1. The topological polar surface area (TPSA) is 34.9 Å². The van der Waals surface area contributed by atoms with E-state index in [9.17, 15) is 4.79 Å². The summed E-state index contributed by atoms with van der Waals surface area (Å²) >= 11 is 6.09. The van der Waals surface area contributed by atoms with E-state index in [4.69, 9.17) is 11.6 Å². The Balaban J connectivity index is 2.26. The standard InChI is InChI=1S/C14H19ClN2O/c1-3-8-17-13(12(15)9-16-17)14(18)11-6-4-10(2)5-7-11/h6,9-10H,3-5,7-8H2,1-2H3. The Morgan fingerprint density at radius 2 is 2.39 bits per heavy atom. The number of aryl methyl sites for hydroxylation is 1. The van der Waals surface area contributed by atoms with Gasteiger partial charge in [-0.05, 0) is 37.2 Å². The number of aromatic nitrogens is 2. The lowest BCUT2D eigenvalue weighted by Crippen LogP contribution is -2.15. The molecule has 3 nitrogen and oxygen atoms in total. The van der Waals surface area contributed by atoms with E-state index in [2.05, 4.69) is 25.0 Å². The van der Waals surface area contributed by atoms with Crippen LogP contribution in [0.2, 0.25) is 5.02 Å². The molecule has 1 aromatic heterocycles. The summed E-state index contributed by atoms with van der Waals surface area (Å²) in [6.07, 6.45) is 7.49. The molecule has 2 rings (SSSR count). The molecule has 4 heteroatoms. The van der Waals surface area contributed by atoms with E-state index >= 15 is 0 Å². The molecule has 1 aliphatic rings. The highest BCUT2D eigenvalue weighted by atomic mass is 35.5. The van der Waals surface area contributed by atoms with Crippen molar-refractivity contribution in [2.24, 2.45) is 5.92 Å². The largest absolute Gasteiger partial charge is 0.287 e. The summed E-state index contributed by atoms with van der Waals surface area (Å²) in [6.45, 7) is 5.01. The first-order chi connectivity index (χ1) is 8.63. The molecule has 98 valence electrons. The van der Waals surface area contributed by atoms with Crippen molar-refractivity contribution in [3.05, 3.63) is 28.6 Å². The van der Waals surface area contributed by atoms with E-state index in [1.807, 2.05) is 0 Å². The Morgan fingerprint density at radius 3 is 3.00 bits per heavy atom. The van der Waals surface area contributed by atoms with Gasteiger partial charge in [-0.15, -0.1) is 0 Å². The van der Waals surface area contributed by atoms with Crippen molar-refractivity contribution in [2.45, 2.75) is 46.1 Å². The second-order valence-corrected chi connectivity index (χ2v) is 5.41. The number of hydrogen-bond donors (Lipinski definition) is 0. The lowest BCUT2D eigenvalue weighted by Gasteiger charge is -2.17. The van der Waals surface area contributed by atoms with Gasteiger partial charge in [-0.25, -0.2) is 0 Å². The predicted molar refractivity (Wildman–Crippen MR) is 73.0 cm³/mol. The average molecular weight is 267 g/mol. The maximum atomic E-state index is 12.5. The number of nitrogens with zero attached hydrogens (tertiary/aromatic N) is 2. The monoisotopic (exact) mass is 266 g/mol. The van der Waals surface area contributed by atoms with Gasteiger partial charge in [-0.3, -0.25) is 9.48 Å². The van der Waals surface area contributed by atoms with Gasteiger partial charge in [0.1, 0.15) is 5.69 Å². The number of hydrogen-bond acceptors (Lipinski definition) is 2. The van der Waals surface area contributed by atoms with E-state index in [1.165, 1.54) is 0 Å². The van der Waals surface area contributed by atoms with E-state index in [0.29, 0.717) is 16.6 Å². The number of ketones is 1. The molecule has 1 unspecified atom stereocenters. The molecule has 0 bridgehead atoms. The third-order valence-corrected chi connectivity index (χ3v) is 3.69. The van der Waals surface area contributed by atoms with Crippen molar-refractivity contribution < 1.29 is 4.79 Å². The van der Waals surface area contributed by atoms with Crippen molar-refractivity contribution in [3.63, 3.8) is 0 Å². The van der Waals surface area contributed by atoms with Crippen molar-refractivity contribution in [1.29, 1.82) is 0 Å². The Labute approximate surface area is 113 Å². The zero-order chi connectivity index (χ0) is 13.1. The van der Waals surface area contributed by atoms with Crippen LogP contribution in [0, 0.1) is 5.92 Å². The fraction of sp³-hybridized carbons (Fsp3) is 0.571. The highest BCUT2D eigenvalue weighted by molar-refractivity contribution is 6.34. The zero-order valence-corrected chi connectivity index (χ0v) is 11.7. The molecule has 1 aliphatic carbocycles. The Kier molecular flexibility index (Phi) is 4.23. The van der Waals surface area contributed by atoms with E-state index in [-0.39, 0.29) is 5.78 Å². The van der Waals surface area contributed by atoms with Crippen molar-refractivity contribution in [3.8, 4) is 0 Å². The summed E-state index contributed by atoms with van der Waals surface area (Å²) in [7, 11) is 0. The van der Waals surface area contributed by atoms with Gasteiger partial charge in [0, 0.05) is 6.54 Å². The summed E-state index contributed by atoms with van der Waals surface area (Å²) in [5.74, 6) is 0.732. The van der Waals surface area contributed by atoms with Crippen LogP contribution < -0.4 is 0 Å². The normalized spacial score (nSPS) is 19.7. The van der Waals surface area contributed by atoms with Crippen LogP contribution in [-0.4, -0.2) is 15.6 Å². The molecular formula is C14H19ClN2O. The molecule has 0 saturated heterocycles. The molecule has 0 aromatic carbocycles. The smallest absolute Gasteiger partial charge is 0.208 e. The van der Waals surface area contributed by atoms with Gasteiger partial charge >= 0.3 is 0 Å². The molecule has 0 saturated carbocycles. The third-order valence-electron chi connectivity index (χ3n) is 3.41. The fourth-order valence-electron chi connectivity index (χ4n) is 2.29. The molecular weight excluding hydrogens is 248 g/mol. The SMILES string of the molecule is CCCn1ncc(Cl)c1C(=O)C1=CCC(C)CC1. The molecule has 1 heterocycles. The minimum absolute atomic E-state index is 0.0536. The first kappa shape index (κ1) is 13.3. The zero-order valence-electron chi connectivity index (χ0n) is 10.9. The maximum Gasteiger partial charge on any atom is 0.208 e. The number of Topliss-reactive ketones (excluding diaryl/α,β-unsaturated/α-hetero) is 1. The van der Waals surface area contributed by atoms with Gasteiger partial charge < -0.3 is 0 Å². The highest BCUT2D eigenvalue weighted by Gasteiger charge is 2.23. The average Bonchev–Trinajstić information content (AvgIpc) is 2.71. The van der Waals surface area contributed by atoms with Gasteiger partial charge in [0.05, 0.1) is 11.2 Å². The highest BCUT2D eigenvalue weighted by Crippen LogP contribution is 2.27. The summed E-state index contributed by atoms with van der Waals surface area (Å²) in [6, 6.07) is 0. The Bertz CT molecular complexity index is 476. The van der Waals surface area contributed by atoms with Gasteiger partial charge in [0.2, 0.25) is 5.78 Å². The molecule has 0 amide bonds. The molecule has 0 radical (unpaired) electrons. The molecule has 1 atom stereocenters. The molecule has 0 fully saturated rings. The van der Waals surface area contributed by atoms with Crippen LogP contribution in [0.15, 0.2) is 17.8 Å². The Morgan fingerprint density at radius 1 is 1.61 bits per heavy atom. The van der Waals surface area contributed by atoms with Crippen molar-refractivity contribution in [1.82, 2.24) is 9.78 Å². The van der Waals surface area contributed by atoms with Crippen molar-refractivity contribution in [2.75, 3.05) is 0 Å². The number of rotatable bonds is 4. The van der Waals surface area contributed by atoms with Gasteiger partial charge in [0.15, 0.2) is 0 Å². The van der Waals surface area contributed by atoms with Crippen molar-refractivity contribution >= 4 is 17.4 Å². The summed E-state index contributed by atoms with van der Waals surface area (Å²) < 4.78 is 1.73. The van der Waals surface area contributed by atoms with E-state index in [1.54, 1.807) is 10.9 Å². The van der Waals surface area contributed by atoms with Crippen LogP contribution in [0.5, 0.6) is 0 Å². The van der Waals surface area contributed by atoms with Gasteiger partial charge in [-0.2, -0.15) is 5.10 Å². The second-order valence-electron chi connectivity index (χ2n) is 5.00.